The van der Waals surface area contributed by atoms with E-state index >= 15 is 0 Å². The van der Waals surface area contributed by atoms with E-state index in [-0.39, 0.29) is 0 Å². The molecule has 0 aliphatic carbocycles. The maximum absolute atomic E-state index is 10.2. The molecule has 0 saturated heterocycles. The second kappa shape index (κ2) is 7.60. The minimum absolute atomic E-state index is 0.445. The molecule has 4 nitrogen and oxygen atoms in total. The molecule has 0 saturated carbocycles. The molecule has 0 fully saturated rings. The first-order chi connectivity index (χ1) is 17.8. The summed E-state index contributed by atoms with van der Waals surface area (Å²) >= 11 is 0. The number of hydrogen-bond acceptors (Lipinski definition) is 3. The van der Waals surface area contributed by atoms with Crippen molar-refractivity contribution >= 4 is 43.7 Å². The average molecular weight is 460 g/mol. The van der Waals surface area contributed by atoms with Crippen LogP contribution in [0.5, 0.6) is 0 Å². The number of furan rings is 1. The Morgan fingerprint density at radius 3 is 2.19 bits per heavy atom. The lowest BCUT2D eigenvalue weighted by Gasteiger charge is -2.16. The molecule has 2 heterocycles. The van der Waals surface area contributed by atoms with Gasteiger partial charge in [0.05, 0.1) is 39.3 Å². The number of para-hydroxylation sites is 2. The van der Waals surface area contributed by atoms with E-state index in [9.17, 15) is 10.5 Å². The minimum Gasteiger partial charge on any atom is -0.455 e. The Labute approximate surface area is 206 Å². The van der Waals surface area contributed by atoms with Gasteiger partial charge in [0.25, 0.3) is 0 Å². The highest BCUT2D eigenvalue weighted by atomic mass is 16.3. The van der Waals surface area contributed by atoms with Crippen LogP contribution >= 0.6 is 0 Å². The highest BCUT2D eigenvalue weighted by Crippen LogP contribution is 2.42. The Morgan fingerprint density at radius 1 is 0.639 bits per heavy atom. The standard InChI is InChI=1S/C32H17N3O/c33-18-20-16-22(19-34)31(26(17-20)21-8-2-1-3-9-21)35-27-12-6-4-11-25(27)30-28(35)15-14-24-23-10-5-7-13-29(23)36-32(24)30/h1-17H. The molecule has 166 valence electrons. The van der Waals surface area contributed by atoms with E-state index in [0.717, 1.165) is 60.6 Å². The lowest BCUT2D eigenvalue weighted by Crippen LogP contribution is -2.02. The number of rotatable bonds is 2. The van der Waals surface area contributed by atoms with Gasteiger partial charge in [0, 0.05) is 21.7 Å². The van der Waals surface area contributed by atoms with Gasteiger partial charge >= 0.3 is 0 Å². The van der Waals surface area contributed by atoms with Crippen LogP contribution in [0.3, 0.4) is 0 Å². The molecule has 36 heavy (non-hydrogen) atoms. The van der Waals surface area contributed by atoms with Crippen molar-refractivity contribution in [3.63, 3.8) is 0 Å². The van der Waals surface area contributed by atoms with Crippen LogP contribution in [0.25, 0.3) is 60.6 Å². The zero-order chi connectivity index (χ0) is 24.2. The van der Waals surface area contributed by atoms with Crippen LogP contribution in [0.15, 0.2) is 108 Å². The van der Waals surface area contributed by atoms with Gasteiger partial charge in [-0.15, -0.1) is 0 Å². The first-order valence-corrected chi connectivity index (χ1v) is 11.7. The molecule has 0 atom stereocenters. The van der Waals surface area contributed by atoms with Crippen LogP contribution < -0.4 is 0 Å². The molecule has 0 spiro atoms. The van der Waals surface area contributed by atoms with Gasteiger partial charge in [0.2, 0.25) is 0 Å². The maximum Gasteiger partial charge on any atom is 0.145 e. The summed E-state index contributed by atoms with van der Waals surface area (Å²) in [7, 11) is 0. The molecule has 2 aromatic heterocycles. The average Bonchev–Trinajstić information content (AvgIpc) is 3.48. The molecule has 7 rings (SSSR count). The van der Waals surface area contributed by atoms with Crippen LogP contribution in [-0.4, -0.2) is 4.57 Å². The van der Waals surface area contributed by atoms with Crippen molar-refractivity contribution in [2.75, 3.05) is 0 Å². The summed E-state index contributed by atoms with van der Waals surface area (Å²) < 4.78 is 8.55. The van der Waals surface area contributed by atoms with Gasteiger partial charge in [-0.2, -0.15) is 10.5 Å². The van der Waals surface area contributed by atoms with Crippen LogP contribution in [0.2, 0.25) is 0 Å². The normalized spacial score (nSPS) is 11.3. The third kappa shape index (κ3) is 2.73. The van der Waals surface area contributed by atoms with Crippen molar-refractivity contribution in [3.05, 3.63) is 114 Å². The molecule has 0 unspecified atom stereocenters. The Morgan fingerprint density at radius 2 is 1.39 bits per heavy atom. The third-order valence-corrected chi connectivity index (χ3v) is 6.85. The van der Waals surface area contributed by atoms with Crippen molar-refractivity contribution in [1.82, 2.24) is 4.57 Å². The lowest BCUT2D eigenvalue weighted by atomic mass is 9.97. The summed E-state index contributed by atoms with van der Waals surface area (Å²) in [6.07, 6.45) is 0. The number of benzene rings is 5. The van der Waals surface area contributed by atoms with E-state index < -0.39 is 0 Å². The van der Waals surface area contributed by atoms with Crippen LogP contribution in [0.4, 0.5) is 0 Å². The monoisotopic (exact) mass is 459 g/mol. The van der Waals surface area contributed by atoms with Gasteiger partial charge < -0.3 is 8.98 Å². The summed E-state index contributed by atoms with van der Waals surface area (Å²) in [5.74, 6) is 0. The van der Waals surface area contributed by atoms with Crippen LogP contribution in [0.1, 0.15) is 11.1 Å². The summed E-state index contributed by atoms with van der Waals surface area (Å²) in [5.41, 5.74) is 7.02. The summed E-state index contributed by atoms with van der Waals surface area (Å²) in [4.78, 5) is 0. The fourth-order valence-electron chi connectivity index (χ4n) is 5.34. The van der Waals surface area contributed by atoms with Crippen LogP contribution in [-0.2, 0) is 0 Å². The molecule has 0 bridgehead atoms. The molecule has 0 amide bonds. The molecule has 0 aliphatic heterocycles. The molecule has 5 aromatic carbocycles. The Bertz CT molecular complexity index is 2060. The van der Waals surface area contributed by atoms with Gasteiger partial charge in [-0.25, -0.2) is 0 Å². The second-order valence-electron chi connectivity index (χ2n) is 8.80. The quantitative estimate of drug-likeness (QED) is 0.262. The van der Waals surface area contributed by atoms with Gasteiger partial charge in [0.15, 0.2) is 0 Å². The Kier molecular flexibility index (Phi) is 4.24. The predicted molar refractivity (Wildman–Crippen MR) is 143 cm³/mol. The molecule has 7 aromatic rings. The molecule has 0 radical (unpaired) electrons. The summed E-state index contributed by atoms with van der Waals surface area (Å²) in [5, 5.41) is 24.1. The fraction of sp³-hybridized carbons (Fsp3) is 0. The van der Waals surface area contributed by atoms with Crippen molar-refractivity contribution < 1.29 is 4.42 Å². The van der Waals surface area contributed by atoms with Gasteiger partial charge in [-0.05, 0) is 42.0 Å². The Hall–Kier alpha value is -5.32. The highest BCUT2D eigenvalue weighted by Gasteiger charge is 2.22. The molecular weight excluding hydrogens is 442 g/mol. The highest BCUT2D eigenvalue weighted by molar-refractivity contribution is 6.24. The number of fused-ring (bicyclic) bond motifs is 7. The van der Waals surface area contributed by atoms with Gasteiger partial charge in [-0.1, -0.05) is 66.7 Å². The largest absolute Gasteiger partial charge is 0.455 e. The van der Waals surface area contributed by atoms with Gasteiger partial charge in [0.1, 0.15) is 17.2 Å². The first-order valence-electron chi connectivity index (χ1n) is 11.7. The zero-order valence-electron chi connectivity index (χ0n) is 19.1. The lowest BCUT2D eigenvalue weighted by molar-refractivity contribution is 0.673. The molecule has 0 aliphatic rings. The summed E-state index contributed by atoms with van der Waals surface area (Å²) in [6.45, 7) is 0. The number of hydrogen-bond donors (Lipinski definition) is 0. The third-order valence-electron chi connectivity index (χ3n) is 6.85. The topological polar surface area (TPSA) is 65.7 Å². The second-order valence-corrected chi connectivity index (χ2v) is 8.80. The van der Waals surface area contributed by atoms with Crippen molar-refractivity contribution in [1.29, 1.82) is 10.5 Å². The van der Waals surface area contributed by atoms with E-state index in [1.807, 2.05) is 66.7 Å². The van der Waals surface area contributed by atoms with E-state index in [4.69, 9.17) is 4.42 Å². The zero-order valence-corrected chi connectivity index (χ0v) is 19.1. The Balaban J connectivity index is 1.70. The van der Waals surface area contributed by atoms with Crippen molar-refractivity contribution in [2.24, 2.45) is 0 Å². The van der Waals surface area contributed by atoms with Crippen molar-refractivity contribution in [2.45, 2.75) is 0 Å². The van der Waals surface area contributed by atoms with Crippen molar-refractivity contribution in [3.8, 4) is 29.0 Å². The first kappa shape index (κ1) is 20.1. The maximum atomic E-state index is 10.2. The van der Waals surface area contributed by atoms with E-state index in [0.29, 0.717) is 11.1 Å². The predicted octanol–water partition coefficient (Wildman–Crippen LogP) is 8.09. The number of nitriles is 2. The van der Waals surface area contributed by atoms with Crippen LogP contribution in [0, 0.1) is 22.7 Å². The molecular formula is C32H17N3O. The number of aromatic nitrogens is 1. The van der Waals surface area contributed by atoms with E-state index in [1.54, 1.807) is 6.07 Å². The fourth-order valence-corrected chi connectivity index (χ4v) is 5.34. The minimum atomic E-state index is 0.445. The summed E-state index contributed by atoms with van der Waals surface area (Å²) in [6, 6.07) is 38.5. The van der Waals surface area contributed by atoms with Gasteiger partial charge in [-0.3, -0.25) is 0 Å². The SMILES string of the molecule is N#Cc1cc(C#N)c(-n2c3ccccc3c3c4oc5ccccc5c4ccc32)c(-c2ccccc2)c1. The van der Waals surface area contributed by atoms with E-state index in [2.05, 4.69) is 47.0 Å². The smallest absolute Gasteiger partial charge is 0.145 e. The molecule has 4 heteroatoms. The molecule has 0 N–H and O–H groups in total. The number of nitrogens with zero attached hydrogens (tertiary/aromatic N) is 3. The van der Waals surface area contributed by atoms with E-state index in [1.165, 1.54) is 0 Å².